The minimum atomic E-state index is -1.82. The summed E-state index contributed by atoms with van der Waals surface area (Å²) in [6, 6.07) is 0.383. The van der Waals surface area contributed by atoms with Gasteiger partial charge in [0.1, 0.15) is 0 Å². The van der Waals surface area contributed by atoms with Gasteiger partial charge in [0.25, 0.3) is 0 Å². The molecule has 2 N–H and O–H groups in total. The molecule has 0 aromatic heterocycles. The molecule has 0 aromatic rings. The molecule has 0 unspecified atom stereocenters. The maximum atomic E-state index is 11.5. The number of nitrogens with zero attached hydrogens (tertiary/aromatic N) is 2. The first-order valence-corrected chi connectivity index (χ1v) is 7.35. The van der Waals surface area contributed by atoms with Gasteiger partial charge in [-0.05, 0) is 39.3 Å². The average Bonchev–Trinajstić information content (AvgIpc) is 3.08. The van der Waals surface area contributed by atoms with Crippen LogP contribution in [0.5, 0.6) is 0 Å². The van der Waals surface area contributed by atoms with Crippen molar-refractivity contribution in [2.24, 2.45) is 0 Å². The second kappa shape index (κ2) is 9.05. The van der Waals surface area contributed by atoms with Crippen molar-refractivity contribution in [1.29, 1.82) is 0 Å². The fraction of sp³-hybridized carbons (Fsp3) is 0.667. The Morgan fingerprint density at radius 2 is 1.68 bits per heavy atom. The van der Waals surface area contributed by atoms with Gasteiger partial charge in [-0.15, -0.1) is 0 Å². The zero-order valence-electron chi connectivity index (χ0n) is 12.7. The number of hydrogen-bond donors (Lipinski definition) is 2. The molecule has 2 heterocycles. The topological polar surface area (TPSA) is 98.2 Å². The van der Waals surface area contributed by atoms with E-state index in [1.807, 2.05) is 4.90 Å². The summed E-state index contributed by atoms with van der Waals surface area (Å²) >= 11 is 0. The number of carbonyl (C=O) groups is 3. The van der Waals surface area contributed by atoms with E-state index in [-0.39, 0.29) is 5.91 Å². The lowest BCUT2D eigenvalue weighted by Gasteiger charge is -2.18. The minimum absolute atomic E-state index is 0.267. The zero-order chi connectivity index (χ0) is 16.5. The van der Waals surface area contributed by atoms with Gasteiger partial charge in [0, 0.05) is 12.5 Å². The van der Waals surface area contributed by atoms with Crippen molar-refractivity contribution in [2.75, 3.05) is 26.2 Å². The van der Waals surface area contributed by atoms with Gasteiger partial charge in [-0.1, -0.05) is 11.8 Å². The summed E-state index contributed by atoms with van der Waals surface area (Å²) in [6.45, 7) is 5.97. The highest BCUT2D eigenvalue weighted by Gasteiger charge is 2.26. The van der Waals surface area contributed by atoms with E-state index in [4.69, 9.17) is 19.8 Å². The lowest BCUT2D eigenvalue weighted by Crippen LogP contribution is -2.31. The molecule has 0 aromatic carbocycles. The zero-order valence-corrected chi connectivity index (χ0v) is 12.7. The summed E-state index contributed by atoms with van der Waals surface area (Å²) in [7, 11) is 0. The van der Waals surface area contributed by atoms with E-state index in [1.165, 1.54) is 25.9 Å². The molecular weight excluding hydrogens is 288 g/mol. The molecule has 0 spiro atoms. The molecule has 2 fully saturated rings. The molecule has 2 aliphatic heterocycles. The highest BCUT2D eigenvalue weighted by Crippen LogP contribution is 2.16. The fourth-order valence-corrected chi connectivity index (χ4v) is 2.37. The maximum Gasteiger partial charge on any atom is 0.414 e. The molecule has 1 amide bonds. The summed E-state index contributed by atoms with van der Waals surface area (Å²) in [5.74, 6) is 2.92. The number of carbonyl (C=O) groups excluding carboxylic acids is 1. The van der Waals surface area contributed by atoms with Gasteiger partial charge < -0.3 is 15.1 Å². The Bertz CT molecular complexity index is 462. The normalized spacial score (nSPS) is 20.9. The van der Waals surface area contributed by atoms with Crippen molar-refractivity contribution in [3.8, 4) is 11.8 Å². The van der Waals surface area contributed by atoms with E-state index in [9.17, 15) is 4.79 Å². The quantitative estimate of drug-likeness (QED) is 0.560. The summed E-state index contributed by atoms with van der Waals surface area (Å²) in [4.78, 5) is 34.0. The lowest BCUT2D eigenvalue weighted by atomic mass is 10.2. The van der Waals surface area contributed by atoms with Gasteiger partial charge in [0.2, 0.25) is 5.91 Å². The van der Waals surface area contributed by atoms with Gasteiger partial charge in [0.05, 0.1) is 13.1 Å². The van der Waals surface area contributed by atoms with Crippen molar-refractivity contribution >= 4 is 17.8 Å². The van der Waals surface area contributed by atoms with Crippen LogP contribution in [0.4, 0.5) is 0 Å². The Hall–Kier alpha value is -2.07. The summed E-state index contributed by atoms with van der Waals surface area (Å²) in [5.41, 5.74) is 0. The van der Waals surface area contributed by atoms with Crippen LogP contribution in [0.2, 0.25) is 0 Å². The van der Waals surface area contributed by atoms with Crippen LogP contribution in [0.25, 0.3) is 0 Å². The predicted octanol–water partition coefficient (Wildman–Crippen LogP) is 0.252. The van der Waals surface area contributed by atoms with Crippen molar-refractivity contribution in [3.05, 3.63) is 0 Å². The molecule has 0 bridgehead atoms. The number of rotatable bonds is 2. The van der Waals surface area contributed by atoms with Crippen molar-refractivity contribution < 1.29 is 24.6 Å². The maximum absolute atomic E-state index is 11.5. The number of carboxylic acids is 2. The van der Waals surface area contributed by atoms with Gasteiger partial charge in [-0.25, -0.2) is 9.59 Å². The van der Waals surface area contributed by atoms with E-state index >= 15 is 0 Å². The Labute approximate surface area is 129 Å². The lowest BCUT2D eigenvalue weighted by molar-refractivity contribution is -0.159. The largest absolute Gasteiger partial charge is 0.473 e. The van der Waals surface area contributed by atoms with Crippen LogP contribution in [-0.2, 0) is 14.4 Å². The van der Waals surface area contributed by atoms with Gasteiger partial charge in [-0.3, -0.25) is 9.69 Å². The van der Waals surface area contributed by atoms with Gasteiger partial charge in [-0.2, -0.15) is 0 Å². The number of carboxylic acid groups (broad SMARTS) is 2. The summed E-state index contributed by atoms with van der Waals surface area (Å²) in [5, 5.41) is 14.8. The van der Waals surface area contributed by atoms with Crippen LogP contribution in [0.15, 0.2) is 0 Å². The van der Waals surface area contributed by atoms with Crippen LogP contribution in [0.1, 0.15) is 32.6 Å². The first-order valence-electron chi connectivity index (χ1n) is 7.35. The number of amides is 1. The Morgan fingerprint density at radius 3 is 2.14 bits per heavy atom. The molecule has 2 aliphatic rings. The van der Waals surface area contributed by atoms with Crippen LogP contribution in [0, 0.1) is 11.8 Å². The number of likely N-dealkylation sites (tertiary alicyclic amines) is 2. The average molecular weight is 310 g/mol. The predicted molar refractivity (Wildman–Crippen MR) is 79.1 cm³/mol. The van der Waals surface area contributed by atoms with Crippen LogP contribution in [-0.4, -0.2) is 70.1 Å². The number of aliphatic carboxylic acids is 2. The van der Waals surface area contributed by atoms with E-state index in [0.29, 0.717) is 19.0 Å². The molecule has 2 rings (SSSR count). The molecule has 22 heavy (non-hydrogen) atoms. The standard InChI is InChI=1S/C13H20N2O.C2H2O4/c1-12-6-7-13(16)15(12)11-5-4-10-14-8-2-3-9-14;3-1(4)2(5)6/h12H,2-3,6-11H2,1H3;(H,3,4)(H,5,6)/t12-;/m0./s1. The third-order valence-corrected chi connectivity index (χ3v) is 3.69. The summed E-state index contributed by atoms with van der Waals surface area (Å²) in [6.07, 6.45) is 4.31. The van der Waals surface area contributed by atoms with Crippen molar-refractivity contribution in [2.45, 2.75) is 38.6 Å². The Morgan fingerprint density at radius 1 is 1.14 bits per heavy atom. The fourth-order valence-electron chi connectivity index (χ4n) is 2.37. The second-order valence-corrected chi connectivity index (χ2v) is 5.36. The first kappa shape index (κ1) is 18.0. The van der Waals surface area contributed by atoms with Crippen LogP contribution < -0.4 is 0 Å². The SMILES string of the molecule is C[C@H]1CCC(=O)N1CC#CCN1CCCC1.O=C(O)C(=O)O. The third kappa shape index (κ3) is 6.14. The van der Waals surface area contributed by atoms with E-state index in [0.717, 1.165) is 13.0 Å². The molecule has 7 heteroatoms. The smallest absolute Gasteiger partial charge is 0.414 e. The first-order chi connectivity index (χ1) is 10.4. The molecule has 0 saturated carbocycles. The van der Waals surface area contributed by atoms with Gasteiger partial charge in [0.15, 0.2) is 0 Å². The molecular formula is C15H22N2O5. The van der Waals surface area contributed by atoms with Crippen molar-refractivity contribution in [1.82, 2.24) is 9.80 Å². The second-order valence-electron chi connectivity index (χ2n) is 5.36. The molecule has 122 valence electrons. The highest BCUT2D eigenvalue weighted by molar-refractivity contribution is 6.27. The van der Waals surface area contributed by atoms with E-state index in [2.05, 4.69) is 23.7 Å². The Kier molecular flexibility index (Phi) is 7.40. The molecule has 7 nitrogen and oxygen atoms in total. The van der Waals surface area contributed by atoms with Crippen LogP contribution >= 0.6 is 0 Å². The minimum Gasteiger partial charge on any atom is -0.473 e. The third-order valence-electron chi connectivity index (χ3n) is 3.69. The van der Waals surface area contributed by atoms with Crippen LogP contribution in [0.3, 0.4) is 0 Å². The highest BCUT2D eigenvalue weighted by atomic mass is 16.4. The Balaban J connectivity index is 0.000000346. The summed E-state index contributed by atoms with van der Waals surface area (Å²) < 4.78 is 0. The molecule has 0 radical (unpaired) electrons. The molecule has 1 atom stereocenters. The van der Waals surface area contributed by atoms with E-state index in [1.54, 1.807) is 0 Å². The molecule has 2 saturated heterocycles. The monoisotopic (exact) mass is 310 g/mol. The van der Waals surface area contributed by atoms with Crippen molar-refractivity contribution in [3.63, 3.8) is 0 Å². The van der Waals surface area contributed by atoms with E-state index < -0.39 is 11.9 Å². The number of hydrogen-bond acceptors (Lipinski definition) is 4. The molecule has 0 aliphatic carbocycles. The van der Waals surface area contributed by atoms with Gasteiger partial charge >= 0.3 is 11.9 Å².